The number of rotatable bonds is 2. The molecule has 0 aliphatic carbocycles. The Morgan fingerprint density at radius 3 is 3.19 bits per heavy atom. The van der Waals surface area contributed by atoms with Crippen LogP contribution in [-0.4, -0.2) is 36.1 Å². The van der Waals surface area contributed by atoms with Gasteiger partial charge in [-0.15, -0.1) is 0 Å². The van der Waals surface area contributed by atoms with Crippen molar-refractivity contribution in [2.75, 3.05) is 25.9 Å². The second-order valence-electron chi connectivity index (χ2n) is 4.18. The Kier molecular flexibility index (Phi) is 3.51. The highest BCUT2D eigenvalue weighted by molar-refractivity contribution is 6.31. The summed E-state index contributed by atoms with van der Waals surface area (Å²) in [4.78, 5) is 6.16. The first kappa shape index (κ1) is 11.5. The fourth-order valence-corrected chi connectivity index (χ4v) is 2.07. The number of nitrogens with two attached hydrogens (primary N) is 1. The minimum atomic E-state index is 0.193. The third kappa shape index (κ3) is 2.77. The third-order valence-electron chi connectivity index (χ3n) is 2.72. The molecule has 16 heavy (non-hydrogen) atoms. The number of nitrogens with zero attached hydrogens (tertiary/aromatic N) is 2. The van der Waals surface area contributed by atoms with Crippen molar-refractivity contribution in [2.45, 2.75) is 18.9 Å². The average Bonchev–Trinajstić information content (AvgIpc) is 2.24. The van der Waals surface area contributed by atoms with E-state index in [4.69, 9.17) is 22.1 Å². The molecule has 0 radical (unpaired) electrons. The van der Waals surface area contributed by atoms with Crippen LogP contribution in [0.3, 0.4) is 0 Å². The average molecular weight is 242 g/mol. The summed E-state index contributed by atoms with van der Waals surface area (Å²) in [5, 5.41) is 0.516. The van der Waals surface area contributed by atoms with E-state index in [1.165, 1.54) is 6.20 Å². The lowest BCUT2D eigenvalue weighted by atomic mass is 10.1. The molecule has 0 aromatic carbocycles. The highest BCUT2D eigenvalue weighted by atomic mass is 35.5. The van der Waals surface area contributed by atoms with Crippen molar-refractivity contribution < 1.29 is 4.74 Å². The summed E-state index contributed by atoms with van der Waals surface area (Å²) in [6.07, 6.45) is 3.93. The van der Waals surface area contributed by atoms with Gasteiger partial charge in [0.1, 0.15) is 22.7 Å². The summed E-state index contributed by atoms with van der Waals surface area (Å²) in [7, 11) is 2.10. The summed E-state index contributed by atoms with van der Waals surface area (Å²) in [6.45, 7) is 2.06. The lowest BCUT2D eigenvalue weighted by Gasteiger charge is -2.30. The molecular weight excluding hydrogens is 226 g/mol. The molecule has 4 nitrogen and oxygen atoms in total. The molecule has 0 saturated carbocycles. The maximum absolute atomic E-state index is 6.00. The number of likely N-dealkylation sites (tertiary alicyclic amines) is 1. The molecular formula is C11H16ClN3O. The summed E-state index contributed by atoms with van der Waals surface area (Å²) < 4.78 is 5.84. The highest BCUT2D eigenvalue weighted by Crippen LogP contribution is 2.27. The first-order valence-electron chi connectivity index (χ1n) is 5.41. The fourth-order valence-electron chi connectivity index (χ4n) is 1.92. The molecule has 5 heteroatoms. The molecule has 2 N–H and O–H groups in total. The number of hydrogen-bond donors (Lipinski definition) is 1. The smallest absolute Gasteiger partial charge is 0.143 e. The van der Waals surface area contributed by atoms with Crippen molar-refractivity contribution in [2.24, 2.45) is 0 Å². The third-order valence-corrected chi connectivity index (χ3v) is 3.00. The lowest BCUT2D eigenvalue weighted by Crippen LogP contribution is -2.38. The van der Waals surface area contributed by atoms with Gasteiger partial charge in [-0.1, -0.05) is 11.6 Å². The Bertz CT molecular complexity index is 372. The van der Waals surface area contributed by atoms with Crippen LogP contribution in [0.2, 0.25) is 5.02 Å². The topological polar surface area (TPSA) is 51.4 Å². The molecule has 1 aromatic rings. The zero-order valence-corrected chi connectivity index (χ0v) is 10.1. The second-order valence-corrected chi connectivity index (χ2v) is 4.59. The maximum Gasteiger partial charge on any atom is 0.143 e. The molecule has 2 heterocycles. The predicted octanol–water partition coefficient (Wildman–Crippen LogP) is 1.79. The molecule has 1 aromatic heterocycles. The van der Waals surface area contributed by atoms with Gasteiger partial charge in [-0.3, -0.25) is 0 Å². The Morgan fingerprint density at radius 2 is 2.44 bits per heavy atom. The summed E-state index contributed by atoms with van der Waals surface area (Å²) >= 11 is 6.00. The van der Waals surface area contributed by atoms with Crippen LogP contribution in [-0.2, 0) is 0 Å². The van der Waals surface area contributed by atoms with Crippen molar-refractivity contribution in [1.82, 2.24) is 9.88 Å². The van der Waals surface area contributed by atoms with Gasteiger partial charge >= 0.3 is 0 Å². The summed E-state index contributed by atoms with van der Waals surface area (Å²) in [5.41, 5.74) is 5.60. The van der Waals surface area contributed by atoms with E-state index < -0.39 is 0 Å². The van der Waals surface area contributed by atoms with Gasteiger partial charge < -0.3 is 15.4 Å². The van der Waals surface area contributed by atoms with Crippen LogP contribution in [0.25, 0.3) is 0 Å². The maximum atomic E-state index is 6.00. The standard InChI is InChI=1S/C11H16ClN3O/c1-15-4-2-3-8(7-15)16-10-5-11(13)14-6-9(10)12/h5-6,8H,2-4,7H2,1H3,(H2,13,14)/t8-/m1/s1. The van der Waals surface area contributed by atoms with Gasteiger partial charge in [0.25, 0.3) is 0 Å². The van der Waals surface area contributed by atoms with Crippen LogP contribution in [0.15, 0.2) is 12.3 Å². The van der Waals surface area contributed by atoms with Gasteiger partial charge in [0.15, 0.2) is 0 Å². The molecule has 88 valence electrons. The number of halogens is 1. The number of ether oxygens (including phenoxy) is 1. The first-order chi connectivity index (χ1) is 7.65. The Balaban J connectivity index is 2.05. The Morgan fingerprint density at radius 1 is 1.62 bits per heavy atom. The van der Waals surface area contributed by atoms with E-state index in [1.54, 1.807) is 6.07 Å². The number of likely N-dealkylation sites (N-methyl/N-ethyl adjacent to an activating group) is 1. The van der Waals surface area contributed by atoms with E-state index in [9.17, 15) is 0 Å². The van der Waals surface area contributed by atoms with E-state index in [0.29, 0.717) is 16.6 Å². The van der Waals surface area contributed by atoms with Crippen LogP contribution >= 0.6 is 11.6 Å². The van der Waals surface area contributed by atoms with Crippen molar-refractivity contribution in [3.05, 3.63) is 17.3 Å². The highest BCUT2D eigenvalue weighted by Gasteiger charge is 2.19. The molecule has 1 fully saturated rings. The minimum Gasteiger partial charge on any atom is -0.487 e. The van der Waals surface area contributed by atoms with Gasteiger partial charge in [0, 0.05) is 12.6 Å². The van der Waals surface area contributed by atoms with Crippen molar-refractivity contribution in [3.63, 3.8) is 0 Å². The lowest BCUT2D eigenvalue weighted by molar-refractivity contribution is 0.104. The van der Waals surface area contributed by atoms with Crippen LogP contribution < -0.4 is 10.5 Å². The first-order valence-corrected chi connectivity index (χ1v) is 5.79. The van der Waals surface area contributed by atoms with Crippen molar-refractivity contribution in [3.8, 4) is 5.75 Å². The Hall–Kier alpha value is -1.00. The monoisotopic (exact) mass is 241 g/mol. The molecule has 1 aliphatic rings. The van der Waals surface area contributed by atoms with Gasteiger partial charge in [-0.2, -0.15) is 0 Å². The normalized spacial score (nSPS) is 22.0. The SMILES string of the molecule is CN1CCC[C@@H](Oc2cc(N)ncc2Cl)C1. The number of hydrogen-bond acceptors (Lipinski definition) is 4. The molecule has 0 unspecified atom stereocenters. The molecule has 0 spiro atoms. The van der Waals surface area contributed by atoms with E-state index in [-0.39, 0.29) is 6.10 Å². The van der Waals surface area contributed by atoms with Gasteiger partial charge in [-0.05, 0) is 26.4 Å². The van der Waals surface area contributed by atoms with E-state index in [1.807, 2.05) is 0 Å². The summed E-state index contributed by atoms with van der Waals surface area (Å²) in [6, 6.07) is 1.68. The van der Waals surface area contributed by atoms with Crippen molar-refractivity contribution >= 4 is 17.4 Å². The zero-order valence-electron chi connectivity index (χ0n) is 9.32. The number of nitrogen functional groups attached to an aromatic ring is 1. The second kappa shape index (κ2) is 4.89. The van der Waals surface area contributed by atoms with Gasteiger partial charge in [-0.25, -0.2) is 4.98 Å². The zero-order chi connectivity index (χ0) is 11.5. The number of pyridine rings is 1. The van der Waals surface area contributed by atoms with Gasteiger partial charge in [0.05, 0.1) is 6.20 Å². The molecule has 1 aliphatic heterocycles. The van der Waals surface area contributed by atoms with Gasteiger partial charge in [0.2, 0.25) is 0 Å². The van der Waals surface area contributed by atoms with E-state index in [2.05, 4.69) is 16.9 Å². The molecule has 1 saturated heterocycles. The fraction of sp³-hybridized carbons (Fsp3) is 0.545. The predicted molar refractivity (Wildman–Crippen MR) is 64.8 cm³/mol. The summed E-state index contributed by atoms with van der Waals surface area (Å²) in [5.74, 6) is 1.07. The Labute approximate surface area is 100 Å². The molecule has 1 atom stereocenters. The van der Waals surface area contributed by atoms with Crippen LogP contribution in [0.5, 0.6) is 5.75 Å². The number of anilines is 1. The number of aromatic nitrogens is 1. The minimum absolute atomic E-state index is 0.193. The quantitative estimate of drug-likeness (QED) is 0.858. The largest absolute Gasteiger partial charge is 0.487 e. The van der Waals surface area contributed by atoms with Crippen LogP contribution in [0.4, 0.5) is 5.82 Å². The van der Waals surface area contributed by atoms with Crippen molar-refractivity contribution in [1.29, 1.82) is 0 Å². The number of piperidine rings is 1. The van der Waals surface area contributed by atoms with E-state index >= 15 is 0 Å². The molecule has 0 bridgehead atoms. The van der Waals surface area contributed by atoms with Crippen LogP contribution in [0.1, 0.15) is 12.8 Å². The molecule has 2 rings (SSSR count). The van der Waals surface area contributed by atoms with Crippen LogP contribution in [0, 0.1) is 0 Å². The molecule has 0 amide bonds. The van der Waals surface area contributed by atoms with E-state index in [0.717, 1.165) is 25.9 Å².